The van der Waals surface area contributed by atoms with Crippen LogP contribution in [0.1, 0.15) is 57.8 Å². The second-order valence-corrected chi connectivity index (χ2v) is 9.93. The maximum Gasteiger partial charge on any atom is 0.324 e. The van der Waals surface area contributed by atoms with Crippen LogP contribution in [0.25, 0.3) is 0 Å². The Balaban J connectivity index is 0.00000578. The Labute approximate surface area is 208 Å². The number of hydrogen-bond acceptors (Lipinski definition) is 6. The SMILES string of the molecule is CC[C@H](C)[C@H](N)C(=O)OCn1ccs/c1=N\C(=O)c1ccc(NC(=O)CC(C)(C)C)c(F)c1.Cl. The Morgan fingerprint density at radius 2 is 1.97 bits per heavy atom. The smallest absolute Gasteiger partial charge is 0.324 e. The van der Waals surface area contributed by atoms with Crippen molar-refractivity contribution in [3.05, 3.63) is 46.0 Å². The van der Waals surface area contributed by atoms with Crippen LogP contribution >= 0.6 is 23.7 Å². The van der Waals surface area contributed by atoms with Crippen molar-refractivity contribution in [2.75, 3.05) is 5.32 Å². The Hall–Kier alpha value is -2.56. The van der Waals surface area contributed by atoms with Gasteiger partial charge in [0.15, 0.2) is 11.5 Å². The van der Waals surface area contributed by atoms with E-state index in [0.717, 1.165) is 12.5 Å². The van der Waals surface area contributed by atoms with E-state index in [0.29, 0.717) is 0 Å². The molecule has 0 saturated carbocycles. The molecule has 0 unspecified atom stereocenters. The number of halogens is 2. The van der Waals surface area contributed by atoms with Gasteiger partial charge < -0.3 is 15.8 Å². The van der Waals surface area contributed by atoms with Crippen LogP contribution in [0, 0.1) is 17.2 Å². The molecule has 8 nitrogen and oxygen atoms in total. The molecule has 2 atom stereocenters. The number of thiazole rings is 1. The Kier molecular flexibility index (Phi) is 11.1. The average Bonchev–Trinajstić information content (AvgIpc) is 3.17. The second kappa shape index (κ2) is 12.8. The molecule has 0 fully saturated rings. The van der Waals surface area contributed by atoms with Gasteiger partial charge in [-0.25, -0.2) is 4.39 Å². The van der Waals surface area contributed by atoms with Gasteiger partial charge in [-0.2, -0.15) is 4.99 Å². The maximum atomic E-state index is 14.5. The molecule has 11 heteroatoms. The topological polar surface area (TPSA) is 116 Å². The van der Waals surface area contributed by atoms with Gasteiger partial charge in [-0.15, -0.1) is 23.7 Å². The molecule has 34 heavy (non-hydrogen) atoms. The first kappa shape index (κ1) is 29.5. The van der Waals surface area contributed by atoms with Crippen molar-refractivity contribution >= 4 is 47.2 Å². The number of carbonyl (C=O) groups is 3. The minimum Gasteiger partial charge on any atom is -0.443 e. The summed E-state index contributed by atoms with van der Waals surface area (Å²) in [7, 11) is 0. The molecular weight excluding hydrogens is 483 g/mol. The van der Waals surface area contributed by atoms with E-state index in [1.165, 1.54) is 28.0 Å². The number of carbonyl (C=O) groups excluding carboxylic acids is 3. The molecule has 0 aliphatic carbocycles. The minimum absolute atomic E-state index is 0. The van der Waals surface area contributed by atoms with E-state index in [-0.39, 0.29) is 58.9 Å². The summed E-state index contributed by atoms with van der Waals surface area (Å²) in [6.07, 6.45) is 2.59. The van der Waals surface area contributed by atoms with E-state index in [4.69, 9.17) is 10.5 Å². The van der Waals surface area contributed by atoms with Crippen molar-refractivity contribution in [2.24, 2.45) is 22.1 Å². The van der Waals surface area contributed by atoms with Crippen LogP contribution in [0.2, 0.25) is 0 Å². The molecule has 0 spiro atoms. The minimum atomic E-state index is -0.735. The molecule has 1 aromatic heterocycles. The number of aromatic nitrogens is 1. The van der Waals surface area contributed by atoms with Gasteiger partial charge in [0.2, 0.25) is 5.91 Å². The first-order chi connectivity index (χ1) is 15.4. The lowest BCUT2D eigenvalue weighted by Crippen LogP contribution is -2.38. The van der Waals surface area contributed by atoms with Crippen LogP contribution in [0.15, 0.2) is 34.8 Å². The van der Waals surface area contributed by atoms with Crippen molar-refractivity contribution in [1.82, 2.24) is 4.57 Å². The highest BCUT2D eigenvalue weighted by Crippen LogP contribution is 2.21. The predicted molar refractivity (Wildman–Crippen MR) is 132 cm³/mol. The molecule has 0 saturated heterocycles. The van der Waals surface area contributed by atoms with Gasteiger partial charge in [-0.1, -0.05) is 41.0 Å². The number of benzene rings is 1. The first-order valence-corrected chi connectivity index (χ1v) is 11.5. The molecule has 188 valence electrons. The average molecular weight is 515 g/mol. The van der Waals surface area contributed by atoms with Crippen molar-refractivity contribution in [1.29, 1.82) is 0 Å². The van der Waals surface area contributed by atoms with Gasteiger partial charge in [0.25, 0.3) is 5.91 Å². The normalized spacial score (nSPS) is 13.6. The molecular formula is C23H32ClFN4O4S. The lowest BCUT2D eigenvalue weighted by Gasteiger charge is -2.17. The molecule has 2 aromatic rings. The van der Waals surface area contributed by atoms with E-state index >= 15 is 0 Å². The van der Waals surface area contributed by atoms with Gasteiger partial charge in [0, 0.05) is 23.6 Å². The quantitative estimate of drug-likeness (QED) is 0.514. The van der Waals surface area contributed by atoms with E-state index in [1.54, 1.807) is 11.6 Å². The largest absolute Gasteiger partial charge is 0.443 e. The van der Waals surface area contributed by atoms with Gasteiger partial charge in [-0.3, -0.25) is 19.0 Å². The summed E-state index contributed by atoms with van der Waals surface area (Å²) in [4.78, 5) is 41.0. The number of rotatable bonds is 8. The molecule has 1 heterocycles. The number of esters is 1. The van der Waals surface area contributed by atoms with E-state index in [9.17, 15) is 18.8 Å². The van der Waals surface area contributed by atoms with Gasteiger partial charge in [0.05, 0.1) is 5.69 Å². The van der Waals surface area contributed by atoms with Crippen molar-refractivity contribution in [3.8, 4) is 0 Å². The van der Waals surface area contributed by atoms with Crippen molar-refractivity contribution in [3.63, 3.8) is 0 Å². The van der Waals surface area contributed by atoms with Gasteiger partial charge >= 0.3 is 5.97 Å². The van der Waals surface area contributed by atoms with Crippen LogP contribution < -0.4 is 15.9 Å². The zero-order valence-electron chi connectivity index (χ0n) is 20.0. The number of nitrogens with zero attached hydrogens (tertiary/aromatic N) is 2. The highest BCUT2D eigenvalue weighted by molar-refractivity contribution is 7.07. The second-order valence-electron chi connectivity index (χ2n) is 9.06. The molecule has 0 aliphatic heterocycles. The third kappa shape index (κ3) is 8.66. The highest BCUT2D eigenvalue weighted by Gasteiger charge is 2.21. The molecule has 2 amide bonds. The lowest BCUT2D eigenvalue weighted by atomic mass is 9.92. The zero-order chi connectivity index (χ0) is 24.8. The number of anilines is 1. The lowest BCUT2D eigenvalue weighted by molar-refractivity contribution is -0.150. The summed E-state index contributed by atoms with van der Waals surface area (Å²) in [5.41, 5.74) is 5.66. The van der Waals surface area contributed by atoms with Gasteiger partial charge in [0.1, 0.15) is 11.9 Å². The van der Waals surface area contributed by atoms with Crippen molar-refractivity contribution in [2.45, 2.75) is 60.2 Å². The summed E-state index contributed by atoms with van der Waals surface area (Å²) in [5.74, 6) is -2.27. The number of amides is 2. The maximum absolute atomic E-state index is 14.5. The fourth-order valence-electron chi connectivity index (χ4n) is 2.78. The summed E-state index contributed by atoms with van der Waals surface area (Å²) >= 11 is 1.17. The zero-order valence-corrected chi connectivity index (χ0v) is 21.6. The Bertz CT molecular complexity index is 1080. The number of hydrogen-bond donors (Lipinski definition) is 2. The predicted octanol–water partition coefficient (Wildman–Crippen LogP) is 4.10. The first-order valence-electron chi connectivity index (χ1n) is 10.7. The highest BCUT2D eigenvalue weighted by atomic mass is 35.5. The standard InChI is InChI=1S/C23H31FN4O4S.ClH/c1-6-14(2)19(25)21(31)32-13-28-9-10-33-22(28)27-20(30)15-7-8-17(16(24)11-15)26-18(29)12-23(3,4)5;/h7-11,14,19H,6,12-13,25H2,1-5H3,(H,26,29);1H/b27-22-;/t14-,19-;/m0./s1. The molecule has 3 N–H and O–H groups in total. The molecule has 0 aliphatic rings. The van der Waals surface area contributed by atoms with Crippen LogP contribution in [0.3, 0.4) is 0 Å². The van der Waals surface area contributed by atoms with Crippen LogP contribution in [-0.4, -0.2) is 28.4 Å². The Morgan fingerprint density at radius 1 is 1.29 bits per heavy atom. The van der Waals surface area contributed by atoms with Gasteiger partial charge in [-0.05, 0) is 29.5 Å². The fraction of sp³-hybridized carbons (Fsp3) is 0.478. The Morgan fingerprint density at radius 3 is 2.56 bits per heavy atom. The third-order valence-electron chi connectivity index (χ3n) is 4.91. The fourth-order valence-corrected chi connectivity index (χ4v) is 3.49. The summed E-state index contributed by atoms with van der Waals surface area (Å²) in [6.45, 7) is 9.37. The molecule has 1 aromatic carbocycles. The van der Waals surface area contributed by atoms with E-state index < -0.39 is 23.7 Å². The van der Waals surface area contributed by atoms with Crippen LogP contribution in [0.4, 0.5) is 10.1 Å². The van der Waals surface area contributed by atoms with Crippen molar-refractivity contribution < 1.29 is 23.5 Å². The number of ether oxygens (including phenoxy) is 1. The summed E-state index contributed by atoms with van der Waals surface area (Å²) in [5, 5.41) is 4.20. The van der Waals surface area contributed by atoms with E-state index in [2.05, 4.69) is 10.3 Å². The number of nitrogens with one attached hydrogen (secondary N) is 1. The molecule has 0 radical (unpaired) electrons. The number of nitrogens with two attached hydrogens (primary N) is 1. The summed E-state index contributed by atoms with van der Waals surface area (Å²) in [6, 6.07) is 3.02. The third-order valence-corrected chi connectivity index (χ3v) is 5.71. The molecule has 2 rings (SSSR count). The molecule has 0 bridgehead atoms. The summed E-state index contributed by atoms with van der Waals surface area (Å²) < 4.78 is 21.2. The van der Waals surface area contributed by atoms with Crippen LogP contribution in [-0.2, 0) is 21.1 Å². The monoisotopic (exact) mass is 514 g/mol. The van der Waals surface area contributed by atoms with E-state index in [1.807, 2.05) is 34.6 Å². The van der Waals surface area contributed by atoms with Crippen LogP contribution in [0.5, 0.6) is 0 Å².